The summed E-state index contributed by atoms with van der Waals surface area (Å²) in [5.74, 6) is 0. The van der Waals surface area contributed by atoms with Crippen molar-refractivity contribution >= 4 is 61.2 Å². The highest BCUT2D eigenvalue weighted by molar-refractivity contribution is 7.02. The van der Waals surface area contributed by atoms with E-state index in [1.54, 1.807) is 20.7 Å². The fraction of sp³-hybridized carbons (Fsp3) is 0.320. The van der Waals surface area contributed by atoms with Crippen LogP contribution in [0.25, 0.3) is 24.3 Å². The van der Waals surface area contributed by atoms with E-state index in [2.05, 4.69) is 185 Å². The van der Waals surface area contributed by atoms with Gasteiger partial charge in [0.15, 0.2) is 0 Å². The molecule has 270 valence electrons. The van der Waals surface area contributed by atoms with Gasteiger partial charge in [-0.05, 0) is 46.4 Å². The molecule has 0 spiro atoms. The van der Waals surface area contributed by atoms with Crippen LogP contribution in [0.4, 0.5) is 0 Å². The molecule has 0 bridgehead atoms. The summed E-state index contributed by atoms with van der Waals surface area (Å²) in [6, 6.07) is 56.4. The highest BCUT2D eigenvalue weighted by atomic mass is 28.3. The van der Waals surface area contributed by atoms with Gasteiger partial charge in [-0.3, -0.25) is 0 Å². The molecular weight excluding hydrogens is 657 g/mol. The van der Waals surface area contributed by atoms with Gasteiger partial charge < -0.3 is 0 Å². The van der Waals surface area contributed by atoms with E-state index in [1.807, 2.05) is 0 Å². The van der Waals surface area contributed by atoms with Crippen LogP contribution in [-0.4, -0.2) is 16.1 Å². The molecule has 0 amide bonds. The molecule has 0 saturated heterocycles. The summed E-state index contributed by atoms with van der Waals surface area (Å²) in [5, 5.41) is 6.38. The van der Waals surface area contributed by atoms with Crippen LogP contribution in [0, 0.1) is 0 Å². The number of hydrogen-bond donors (Lipinski definition) is 0. The molecule has 0 nitrogen and oxygen atoms in total. The monoisotopic (exact) mass is 718 g/mol. The van der Waals surface area contributed by atoms with Crippen LogP contribution in [0.3, 0.4) is 0 Å². The molecule has 2 heteroatoms. The molecule has 0 radical (unpaired) electrons. The van der Waals surface area contributed by atoms with E-state index >= 15 is 0 Å². The van der Waals surface area contributed by atoms with Crippen molar-refractivity contribution in [3.05, 3.63) is 156 Å². The maximum atomic E-state index is 2.45. The topological polar surface area (TPSA) is 0 Å². The third kappa shape index (κ3) is 10.1. The van der Waals surface area contributed by atoms with Gasteiger partial charge in [-0.1, -0.05) is 258 Å². The van der Waals surface area contributed by atoms with Crippen LogP contribution >= 0.6 is 0 Å². The van der Waals surface area contributed by atoms with Crippen LogP contribution in [0.15, 0.2) is 133 Å². The van der Waals surface area contributed by atoms with Gasteiger partial charge in [0.1, 0.15) is 16.1 Å². The zero-order valence-corrected chi connectivity index (χ0v) is 34.5. The summed E-state index contributed by atoms with van der Waals surface area (Å²) in [5.41, 5.74) is 4.99. The summed E-state index contributed by atoms with van der Waals surface area (Å²) in [6.45, 7) is 9.33. The third-order valence-corrected chi connectivity index (χ3v) is 21.9. The molecular formula is C50H62Si2. The first-order valence-electron chi connectivity index (χ1n) is 20.3. The Bertz CT molecular complexity index is 1630. The Hall–Kier alpha value is -3.99. The van der Waals surface area contributed by atoms with Gasteiger partial charge in [0, 0.05) is 0 Å². The van der Waals surface area contributed by atoms with Crippen molar-refractivity contribution < 1.29 is 0 Å². The molecule has 5 rings (SSSR count). The van der Waals surface area contributed by atoms with Crippen molar-refractivity contribution in [2.45, 2.75) is 103 Å². The average molecular weight is 719 g/mol. The SMILES string of the molecule is CCCC[Si](CCCC)(c1ccccc1)c1ccc(/C=C/c2ccc(/C=C/c3ccc([Si](CCCC)(CCCC)c4ccccc4)cc3)cc2)cc1. The molecule has 0 aliphatic heterocycles. The molecule has 0 N–H and O–H groups in total. The lowest BCUT2D eigenvalue weighted by atomic mass is 10.1. The normalized spacial score (nSPS) is 12.2. The highest BCUT2D eigenvalue weighted by Crippen LogP contribution is 2.25. The first-order valence-corrected chi connectivity index (χ1v) is 25.2. The van der Waals surface area contributed by atoms with E-state index in [1.165, 1.54) is 97.8 Å². The predicted octanol–water partition coefficient (Wildman–Crippen LogP) is 12.4. The van der Waals surface area contributed by atoms with Gasteiger partial charge in [-0.15, -0.1) is 0 Å². The summed E-state index contributed by atoms with van der Waals surface area (Å²) >= 11 is 0. The quantitative estimate of drug-likeness (QED) is 0.0555. The Morgan fingerprint density at radius 1 is 0.308 bits per heavy atom. The van der Waals surface area contributed by atoms with Crippen molar-refractivity contribution in [3.63, 3.8) is 0 Å². The minimum Gasteiger partial charge on any atom is -0.0654 e. The molecule has 5 aromatic carbocycles. The predicted molar refractivity (Wildman–Crippen MR) is 239 cm³/mol. The summed E-state index contributed by atoms with van der Waals surface area (Å²) in [6.07, 6.45) is 19.3. The van der Waals surface area contributed by atoms with E-state index in [4.69, 9.17) is 0 Å². The van der Waals surface area contributed by atoms with Gasteiger partial charge in [0.2, 0.25) is 0 Å². The molecule has 52 heavy (non-hydrogen) atoms. The van der Waals surface area contributed by atoms with Gasteiger partial charge >= 0.3 is 0 Å². The molecule has 5 aromatic rings. The Morgan fingerprint density at radius 3 is 0.788 bits per heavy atom. The second kappa shape index (κ2) is 20.3. The lowest BCUT2D eigenvalue weighted by molar-refractivity contribution is 0.838. The fourth-order valence-electron chi connectivity index (χ4n) is 8.10. The minimum absolute atomic E-state index is 1.23. The van der Waals surface area contributed by atoms with Crippen molar-refractivity contribution in [3.8, 4) is 0 Å². The number of unbranched alkanes of at least 4 members (excludes halogenated alkanes) is 4. The van der Waals surface area contributed by atoms with E-state index in [9.17, 15) is 0 Å². The van der Waals surface area contributed by atoms with Crippen molar-refractivity contribution in [2.24, 2.45) is 0 Å². The number of hydrogen-bond acceptors (Lipinski definition) is 0. The molecule has 0 fully saturated rings. The second-order valence-corrected chi connectivity index (χ2v) is 23.5. The van der Waals surface area contributed by atoms with E-state index < -0.39 is 16.1 Å². The zero-order valence-electron chi connectivity index (χ0n) is 32.5. The van der Waals surface area contributed by atoms with Crippen LogP contribution in [-0.2, 0) is 0 Å². The van der Waals surface area contributed by atoms with Crippen LogP contribution < -0.4 is 20.7 Å². The Balaban J connectivity index is 1.27. The maximum absolute atomic E-state index is 2.45. The molecule has 0 unspecified atom stereocenters. The minimum atomic E-state index is -1.80. The Labute approximate surface area is 318 Å². The van der Waals surface area contributed by atoms with E-state index in [0.717, 1.165) is 0 Å². The van der Waals surface area contributed by atoms with E-state index in [-0.39, 0.29) is 0 Å². The molecule has 0 atom stereocenters. The van der Waals surface area contributed by atoms with Crippen molar-refractivity contribution in [1.82, 2.24) is 0 Å². The summed E-state index contributed by atoms with van der Waals surface area (Å²) in [4.78, 5) is 0. The average Bonchev–Trinajstić information content (AvgIpc) is 3.21. The molecule has 0 saturated carbocycles. The lowest BCUT2D eigenvalue weighted by Crippen LogP contribution is -2.58. The van der Waals surface area contributed by atoms with Crippen molar-refractivity contribution in [1.29, 1.82) is 0 Å². The van der Waals surface area contributed by atoms with Gasteiger partial charge in [0.25, 0.3) is 0 Å². The lowest BCUT2D eigenvalue weighted by Gasteiger charge is -2.33. The second-order valence-electron chi connectivity index (χ2n) is 14.9. The third-order valence-electron chi connectivity index (χ3n) is 11.3. The number of benzene rings is 5. The van der Waals surface area contributed by atoms with Gasteiger partial charge in [0.05, 0.1) is 0 Å². The largest absolute Gasteiger partial charge is 0.118 e. The Kier molecular flexibility index (Phi) is 15.3. The Morgan fingerprint density at radius 2 is 0.538 bits per heavy atom. The number of rotatable bonds is 20. The summed E-state index contributed by atoms with van der Waals surface area (Å²) in [7, 11) is -3.61. The molecule has 0 aromatic heterocycles. The maximum Gasteiger partial charge on any atom is 0.118 e. The van der Waals surface area contributed by atoms with Crippen LogP contribution in [0.2, 0.25) is 24.2 Å². The standard InChI is InChI=1S/C50H62Si2/c1-5-9-39-51(40-10-6-2,47-19-15-13-16-20-47)49-35-31-45(32-36-49)29-27-43-23-25-44(26-24-43)28-30-46-33-37-50(38-34-46)52(41-11-7-3,42-12-8-4)48-21-17-14-18-22-48/h13-38H,5-12,39-42H2,1-4H3/b29-27+,30-28+. The first kappa shape index (κ1) is 39.2. The molecule has 0 heterocycles. The summed E-state index contributed by atoms with van der Waals surface area (Å²) < 4.78 is 0. The van der Waals surface area contributed by atoms with E-state index in [0.29, 0.717) is 0 Å². The fourth-order valence-corrected chi connectivity index (χ4v) is 18.7. The van der Waals surface area contributed by atoms with Crippen LogP contribution in [0.5, 0.6) is 0 Å². The van der Waals surface area contributed by atoms with Crippen LogP contribution in [0.1, 0.15) is 101 Å². The first-order chi connectivity index (χ1) is 25.6. The molecule has 0 aliphatic carbocycles. The molecule has 0 aliphatic rings. The zero-order chi connectivity index (χ0) is 36.5. The van der Waals surface area contributed by atoms with Crippen molar-refractivity contribution in [2.75, 3.05) is 0 Å². The van der Waals surface area contributed by atoms with Gasteiger partial charge in [-0.25, -0.2) is 0 Å². The highest BCUT2D eigenvalue weighted by Gasteiger charge is 2.36. The smallest absolute Gasteiger partial charge is 0.0654 e. The van der Waals surface area contributed by atoms with Gasteiger partial charge in [-0.2, -0.15) is 0 Å².